The molecule has 0 aliphatic heterocycles. The zero-order chi connectivity index (χ0) is 13.0. The number of carbonyl (C=O) groups is 1. The third-order valence-corrected chi connectivity index (χ3v) is 2.91. The molecule has 0 saturated heterocycles. The first-order valence-electron chi connectivity index (χ1n) is 4.90. The highest BCUT2D eigenvalue weighted by Crippen LogP contribution is 2.30. The molecule has 0 saturated carbocycles. The molecular weight excluding hydrogens is 276 g/mol. The number of hydrogen-bond acceptors (Lipinski definition) is 5. The van der Waals surface area contributed by atoms with Gasteiger partial charge in [0.25, 0.3) is 0 Å². The van der Waals surface area contributed by atoms with Gasteiger partial charge in [-0.1, -0.05) is 11.6 Å². The fourth-order valence-corrected chi connectivity index (χ4v) is 1.90. The van der Waals surface area contributed by atoms with E-state index in [0.717, 1.165) is 0 Å². The Bertz CT molecular complexity index is 545. The highest BCUT2D eigenvalue weighted by Gasteiger charge is 2.11. The third-order valence-electron chi connectivity index (χ3n) is 1.99. The maximum atomic E-state index is 11.6. The Morgan fingerprint density at radius 1 is 1.44 bits per heavy atom. The van der Waals surface area contributed by atoms with Crippen LogP contribution in [-0.4, -0.2) is 18.2 Å². The average molecular weight is 285 g/mol. The second-order valence-electron chi connectivity index (χ2n) is 3.18. The summed E-state index contributed by atoms with van der Waals surface area (Å²) in [6.07, 6.45) is 0.904. The van der Waals surface area contributed by atoms with Crippen LogP contribution in [0.3, 0.4) is 0 Å². The van der Waals surface area contributed by atoms with Gasteiger partial charge in [0.1, 0.15) is 5.00 Å². The Labute approximate surface area is 112 Å². The molecule has 1 N–H and O–H groups in total. The third kappa shape index (κ3) is 3.12. The van der Waals surface area contributed by atoms with Crippen LogP contribution in [0.1, 0.15) is 0 Å². The number of carbonyl (C=O) groups excluding carboxylic acids is 1. The minimum absolute atomic E-state index is 0.256. The number of halogens is 1. The van der Waals surface area contributed by atoms with Crippen LogP contribution in [-0.2, 0) is 0 Å². The number of thiazole rings is 1. The lowest BCUT2D eigenvalue weighted by molar-refractivity contribution is 0.213. The number of nitrogens with zero attached hydrogens (tertiary/aromatic N) is 1. The summed E-state index contributed by atoms with van der Waals surface area (Å²) in [6, 6.07) is 4.78. The molecule has 0 atom stereocenters. The molecule has 5 nitrogen and oxygen atoms in total. The van der Waals surface area contributed by atoms with Crippen molar-refractivity contribution in [1.82, 2.24) is 4.98 Å². The zero-order valence-electron chi connectivity index (χ0n) is 9.34. The van der Waals surface area contributed by atoms with Crippen LogP contribution in [0.15, 0.2) is 29.9 Å². The summed E-state index contributed by atoms with van der Waals surface area (Å²) < 4.78 is 10.2. The summed E-state index contributed by atoms with van der Waals surface area (Å²) in [5.74, 6) is 0.686. The number of nitrogens with one attached hydrogen (secondary N) is 1. The standard InChI is InChI=1S/C11H9ClN2O3S/c1-16-8-3-2-7(12)4-9(8)17-11(15)14-10-5-13-6-18-10/h2-6H,1H3,(H,14,15). The quantitative estimate of drug-likeness (QED) is 0.938. The molecule has 18 heavy (non-hydrogen) atoms. The van der Waals surface area contributed by atoms with Gasteiger partial charge >= 0.3 is 6.09 Å². The topological polar surface area (TPSA) is 60.5 Å². The summed E-state index contributed by atoms with van der Waals surface area (Å²) in [4.78, 5) is 15.4. The summed E-state index contributed by atoms with van der Waals surface area (Å²) in [6.45, 7) is 0. The van der Waals surface area contributed by atoms with Crippen molar-refractivity contribution in [2.75, 3.05) is 12.4 Å². The van der Waals surface area contributed by atoms with Crippen molar-refractivity contribution in [3.8, 4) is 11.5 Å². The van der Waals surface area contributed by atoms with E-state index in [9.17, 15) is 4.79 Å². The first kappa shape index (κ1) is 12.7. The molecular formula is C11H9ClN2O3S. The molecule has 7 heteroatoms. The van der Waals surface area contributed by atoms with Crippen molar-refractivity contribution < 1.29 is 14.3 Å². The number of amides is 1. The monoisotopic (exact) mass is 284 g/mol. The van der Waals surface area contributed by atoms with E-state index in [1.807, 2.05) is 0 Å². The molecule has 0 aliphatic carbocycles. The maximum absolute atomic E-state index is 11.6. The molecule has 2 rings (SSSR count). The van der Waals surface area contributed by atoms with Crippen molar-refractivity contribution in [2.24, 2.45) is 0 Å². The fourth-order valence-electron chi connectivity index (χ4n) is 1.23. The summed E-state index contributed by atoms with van der Waals surface area (Å²) in [5.41, 5.74) is 1.61. The van der Waals surface area contributed by atoms with Gasteiger partial charge in [-0.3, -0.25) is 10.3 Å². The van der Waals surface area contributed by atoms with Crippen LogP contribution < -0.4 is 14.8 Å². The normalized spacial score (nSPS) is 9.89. The van der Waals surface area contributed by atoms with Gasteiger partial charge in [-0.25, -0.2) is 4.79 Å². The van der Waals surface area contributed by atoms with E-state index in [4.69, 9.17) is 21.1 Å². The van der Waals surface area contributed by atoms with E-state index < -0.39 is 6.09 Å². The Balaban J connectivity index is 2.08. The molecule has 0 unspecified atom stereocenters. The molecule has 0 fully saturated rings. The van der Waals surface area contributed by atoms with Gasteiger partial charge in [0.15, 0.2) is 11.5 Å². The van der Waals surface area contributed by atoms with E-state index >= 15 is 0 Å². The molecule has 1 amide bonds. The van der Waals surface area contributed by atoms with Crippen LogP contribution in [0.5, 0.6) is 11.5 Å². The first-order valence-corrected chi connectivity index (χ1v) is 6.15. The van der Waals surface area contributed by atoms with Crippen molar-refractivity contribution in [1.29, 1.82) is 0 Å². The van der Waals surface area contributed by atoms with Gasteiger partial charge < -0.3 is 9.47 Å². The molecule has 1 aromatic carbocycles. The van der Waals surface area contributed by atoms with Crippen LogP contribution in [0, 0.1) is 0 Å². The Morgan fingerprint density at radius 3 is 2.94 bits per heavy atom. The molecule has 2 aromatic rings. The van der Waals surface area contributed by atoms with Crippen molar-refractivity contribution >= 4 is 34.0 Å². The van der Waals surface area contributed by atoms with Gasteiger partial charge in [0.2, 0.25) is 0 Å². The molecule has 0 spiro atoms. The van der Waals surface area contributed by atoms with Crippen LogP contribution in [0.25, 0.3) is 0 Å². The number of methoxy groups -OCH3 is 1. The SMILES string of the molecule is COc1ccc(Cl)cc1OC(=O)Nc1cncs1. The van der Waals surface area contributed by atoms with Crippen LogP contribution in [0.2, 0.25) is 5.02 Å². The van der Waals surface area contributed by atoms with E-state index in [1.54, 1.807) is 17.6 Å². The number of hydrogen-bond donors (Lipinski definition) is 1. The average Bonchev–Trinajstić information content (AvgIpc) is 2.82. The van der Waals surface area contributed by atoms with Crippen molar-refractivity contribution in [2.45, 2.75) is 0 Å². The molecule has 0 aliphatic rings. The van der Waals surface area contributed by atoms with Crippen molar-refractivity contribution in [3.63, 3.8) is 0 Å². The van der Waals surface area contributed by atoms with Gasteiger partial charge in [-0.15, -0.1) is 11.3 Å². The van der Waals surface area contributed by atoms with E-state index in [2.05, 4.69) is 10.3 Å². The first-order chi connectivity index (χ1) is 8.69. The largest absolute Gasteiger partial charge is 0.493 e. The van der Waals surface area contributed by atoms with E-state index in [0.29, 0.717) is 15.8 Å². The Morgan fingerprint density at radius 2 is 2.28 bits per heavy atom. The summed E-state index contributed by atoms with van der Waals surface area (Å²) in [7, 11) is 1.48. The molecule has 0 bridgehead atoms. The minimum atomic E-state index is -0.625. The molecule has 94 valence electrons. The second-order valence-corrected chi connectivity index (χ2v) is 4.50. The van der Waals surface area contributed by atoms with Gasteiger partial charge in [-0.05, 0) is 12.1 Å². The lowest BCUT2D eigenvalue weighted by atomic mass is 10.3. The van der Waals surface area contributed by atoms with E-state index in [1.165, 1.54) is 30.7 Å². The predicted molar refractivity (Wildman–Crippen MR) is 69.8 cm³/mol. The van der Waals surface area contributed by atoms with Gasteiger partial charge in [-0.2, -0.15) is 0 Å². The molecule has 0 radical (unpaired) electrons. The second kappa shape index (κ2) is 5.70. The smallest absolute Gasteiger partial charge is 0.417 e. The van der Waals surface area contributed by atoms with Gasteiger partial charge in [0.05, 0.1) is 18.8 Å². The van der Waals surface area contributed by atoms with Crippen LogP contribution >= 0.6 is 22.9 Å². The number of aromatic nitrogens is 1. The summed E-state index contributed by atoms with van der Waals surface area (Å²) >= 11 is 7.12. The highest BCUT2D eigenvalue weighted by atomic mass is 35.5. The van der Waals surface area contributed by atoms with Gasteiger partial charge in [0, 0.05) is 11.1 Å². The Kier molecular flexibility index (Phi) is 4.01. The summed E-state index contributed by atoms with van der Waals surface area (Å²) in [5, 5.41) is 3.59. The molecule has 1 aromatic heterocycles. The Hall–Kier alpha value is -1.79. The number of benzene rings is 1. The van der Waals surface area contributed by atoms with Crippen molar-refractivity contribution in [3.05, 3.63) is 34.9 Å². The predicted octanol–water partition coefficient (Wildman–Crippen LogP) is 3.42. The number of ether oxygens (including phenoxy) is 2. The van der Waals surface area contributed by atoms with Crippen LogP contribution in [0.4, 0.5) is 9.80 Å². The maximum Gasteiger partial charge on any atom is 0.417 e. The molecule has 1 heterocycles. The minimum Gasteiger partial charge on any atom is -0.493 e. The lowest BCUT2D eigenvalue weighted by Crippen LogP contribution is -2.16. The highest BCUT2D eigenvalue weighted by molar-refractivity contribution is 7.13. The zero-order valence-corrected chi connectivity index (χ0v) is 10.9. The van der Waals surface area contributed by atoms with E-state index in [-0.39, 0.29) is 5.75 Å². The lowest BCUT2D eigenvalue weighted by Gasteiger charge is -2.09. The number of anilines is 1. The number of rotatable bonds is 3. The fraction of sp³-hybridized carbons (Fsp3) is 0.0909.